The van der Waals surface area contributed by atoms with Gasteiger partial charge in [0.15, 0.2) is 0 Å². The number of nitrogens with one attached hydrogen (secondary N) is 1. The van der Waals surface area contributed by atoms with Crippen LogP contribution in [0.3, 0.4) is 0 Å². The lowest BCUT2D eigenvalue weighted by molar-refractivity contribution is -0.140. The zero-order chi connectivity index (χ0) is 16.5. The minimum atomic E-state index is -1.11. The van der Waals surface area contributed by atoms with Gasteiger partial charge >= 0.3 is 17.9 Å². The van der Waals surface area contributed by atoms with Crippen molar-refractivity contribution in [2.24, 2.45) is 5.10 Å². The smallest absolute Gasteiger partial charge is 0.366 e. The molecule has 0 amide bonds. The molecule has 0 radical (unpaired) electrons. The van der Waals surface area contributed by atoms with Gasteiger partial charge in [0.2, 0.25) is 0 Å². The van der Waals surface area contributed by atoms with Gasteiger partial charge in [0, 0.05) is 0 Å². The van der Waals surface area contributed by atoms with Gasteiger partial charge in [0.25, 0.3) is 5.71 Å². The molecule has 8 nitrogen and oxygen atoms in total. The molecular formula is C14H16N2O6. The fraction of sp³-hybridized carbons (Fsp3) is 0.286. The van der Waals surface area contributed by atoms with Crippen LogP contribution in [0.2, 0.25) is 0 Å². The van der Waals surface area contributed by atoms with Crippen LogP contribution in [-0.2, 0) is 19.1 Å². The molecule has 0 saturated heterocycles. The molecule has 0 bridgehead atoms. The molecule has 22 heavy (non-hydrogen) atoms. The normalized spacial score (nSPS) is 9.55. The molecule has 0 aliphatic heterocycles. The molecule has 0 aromatic heterocycles. The summed E-state index contributed by atoms with van der Waals surface area (Å²) in [6.45, 7) is 3.33. The number of esters is 2. The number of hydrogen-bond donors (Lipinski definition) is 2. The second-order valence-corrected chi connectivity index (χ2v) is 3.90. The van der Waals surface area contributed by atoms with Crippen LogP contribution >= 0.6 is 0 Å². The molecule has 8 heteroatoms. The van der Waals surface area contributed by atoms with Crippen molar-refractivity contribution in [2.45, 2.75) is 13.8 Å². The predicted octanol–water partition coefficient (Wildman–Crippen LogP) is 1.28. The van der Waals surface area contributed by atoms with Crippen molar-refractivity contribution in [1.29, 1.82) is 0 Å². The standard InChI is InChI=1S/C14H16N2O6/c1-3-21-13(19)11(14(20)22-4-2)16-15-10-7-5-6-9(8-10)12(17)18/h5-8,15H,3-4H2,1-2H3,(H,17,18). The summed E-state index contributed by atoms with van der Waals surface area (Å²) in [5.41, 5.74) is 2.22. The van der Waals surface area contributed by atoms with E-state index in [2.05, 4.69) is 10.5 Å². The lowest BCUT2D eigenvalue weighted by atomic mass is 10.2. The van der Waals surface area contributed by atoms with Crippen LogP contribution in [-0.4, -0.2) is 41.9 Å². The largest absolute Gasteiger partial charge is 0.478 e. The summed E-state index contributed by atoms with van der Waals surface area (Å²) >= 11 is 0. The molecule has 0 fully saturated rings. The van der Waals surface area contributed by atoms with Crippen molar-refractivity contribution in [1.82, 2.24) is 0 Å². The Balaban J connectivity index is 2.97. The fourth-order valence-corrected chi connectivity index (χ4v) is 1.42. The number of anilines is 1. The summed E-state index contributed by atoms with van der Waals surface area (Å²) in [4.78, 5) is 34.2. The van der Waals surface area contributed by atoms with Crippen molar-refractivity contribution in [3.63, 3.8) is 0 Å². The number of carbonyl (C=O) groups excluding carboxylic acids is 2. The van der Waals surface area contributed by atoms with Crippen LogP contribution < -0.4 is 5.43 Å². The average Bonchev–Trinajstić information content (AvgIpc) is 2.48. The Kier molecular flexibility index (Phi) is 6.55. The van der Waals surface area contributed by atoms with E-state index in [1.807, 2.05) is 0 Å². The predicted molar refractivity (Wildman–Crippen MR) is 77.7 cm³/mol. The van der Waals surface area contributed by atoms with Crippen LogP contribution in [0.15, 0.2) is 29.4 Å². The SMILES string of the molecule is CCOC(=O)C(=NNc1cccc(C(=O)O)c1)C(=O)OCC. The van der Waals surface area contributed by atoms with Gasteiger partial charge in [-0.05, 0) is 32.0 Å². The molecule has 0 heterocycles. The number of nitrogens with zero attached hydrogens (tertiary/aromatic N) is 1. The Bertz CT molecular complexity index is 577. The summed E-state index contributed by atoms with van der Waals surface area (Å²) in [5.74, 6) is -2.96. The van der Waals surface area contributed by atoms with Gasteiger partial charge in [0.1, 0.15) is 0 Å². The van der Waals surface area contributed by atoms with Gasteiger partial charge in [-0.2, -0.15) is 5.10 Å². The highest BCUT2D eigenvalue weighted by Gasteiger charge is 2.23. The Morgan fingerprint density at radius 3 is 2.23 bits per heavy atom. The molecule has 1 aromatic carbocycles. The highest BCUT2D eigenvalue weighted by atomic mass is 16.6. The van der Waals surface area contributed by atoms with Crippen LogP contribution in [0.5, 0.6) is 0 Å². The summed E-state index contributed by atoms with van der Waals surface area (Å²) in [7, 11) is 0. The molecule has 0 spiro atoms. The van der Waals surface area contributed by atoms with Crippen molar-refractivity contribution in [3.05, 3.63) is 29.8 Å². The second-order valence-electron chi connectivity index (χ2n) is 3.90. The second kappa shape index (κ2) is 8.40. The van der Waals surface area contributed by atoms with Crippen LogP contribution in [0.1, 0.15) is 24.2 Å². The molecule has 0 saturated carbocycles. The van der Waals surface area contributed by atoms with Crippen molar-refractivity contribution in [3.8, 4) is 0 Å². The van der Waals surface area contributed by atoms with Crippen LogP contribution in [0.4, 0.5) is 5.69 Å². The summed E-state index contributed by atoms with van der Waals surface area (Å²) in [6, 6.07) is 5.73. The van der Waals surface area contributed by atoms with Gasteiger partial charge in [-0.15, -0.1) is 0 Å². The Hall–Kier alpha value is -2.90. The Morgan fingerprint density at radius 1 is 1.14 bits per heavy atom. The van der Waals surface area contributed by atoms with Crippen molar-refractivity contribution >= 4 is 29.3 Å². The zero-order valence-corrected chi connectivity index (χ0v) is 12.2. The quantitative estimate of drug-likeness (QED) is 0.337. The maximum Gasteiger partial charge on any atom is 0.366 e. The lowest BCUT2D eigenvalue weighted by Crippen LogP contribution is -2.29. The van der Waals surface area contributed by atoms with E-state index < -0.39 is 23.6 Å². The van der Waals surface area contributed by atoms with E-state index >= 15 is 0 Å². The molecule has 1 rings (SSSR count). The number of benzene rings is 1. The average molecular weight is 308 g/mol. The van der Waals surface area contributed by atoms with E-state index in [0.29, 0.717) is 5.69 Å². The van der Waals surface area contributed by atoms with E-state index in [1.165, 1.54) is 24.3 Å². The minimum Gasteiger partial charge on any atom is -0.478 e. The van der Waals surface area contributed by atoms with E-state index in [0.717, 1.165) is 0 Å². The van der Waals surface area contributed by atoms with Crippen molar-refractivity contribution in [2.75, 3.05) is 18.6 Å². The molecule has 118 valence electrons. The third kappa shape index (κ3) is 4.89. The summed E-state index contributed by atoms with van der Waals surface area (Å²) in [6.07, 6.45) is 0. The summed E-state index contributed by atoms with van der Waals surface area (Å²) in [5, 5.41) is 12.5. The number of carbonyl (C=O) groups is 3. The first-order valence-corrected chi connectivity index (χ1v) is 6.50. The van der Waals surface area contributed by atoms with Crippen molar-refractivity contribution < 1.29 is 29.0 Å². The molecular weight excluding hydrogens is 292 g/mol. The first-order valence-electron chi connectivity index (χ1n) is 6.50. The molecule has 2 N–H and O–H groups in total. The van der Waals surface area contributed by atoms with Gasteiger partial charge < -0.3 is 14.6 Å². The highest BCUT2D eigenvalue weighted by Crippen LogP contribution is 2.10. The first kappa shape index (κ1) is 17.2. The van der Waals surface area contributed by atoms with Gasteiger partial charge in [-0.1, -0.05) is 6.07 Å². The zero-order valence-electron chi connectivity index (χ0n) is 12.2. The number of carboxylic acids is 1. The van der Waals surface area contributed by atoms with E-state index in [9.17, 15) is 14.4 Å². The number of aromatic carboxylic acids is 1. The monoisotopic (exact) mass is 308 g/mol. The Morgan fingerprint density at radius 2 is 1.73 bits per heavy atom. The minimum absolute atomic E-state index is 0.0361. The molecule has 0 unspecified atom stereocenters. The molecule has 1 aromatic rings. The number of ether oxygens (including phenoxy) is 2. The third-order valence-electron chi connectivity index (χ3n) is 2.34. The van der Waals surface area contributed by atoms with Gasteiger partial charge in [-0.25, -0.2) is 14.4 Å². The van der Waals surface area contributed by atoms with E-state index in [1.54, 1.807) is 13.8 Å². The maximum absolute atomic E-state index is 11.7. The number of hydrazone groups is 1. The Labute approximate surface area is 126 Å². The molecule has 0 aliphatic rings. The van der Waals surface area contributed by atoms with Gasteiger partial charge in [-0.3, -0.25) is 5.43 Å². The topological polar surface area (TPSA) is 114 Å². The number of carboxylic acid groups (broad SMARTS) is 1. The number of rotatable bonds is 7. The highest BCUT2D eigenvalue weighted by molar-refractivity contribution is 6.62. The first-order chi connectivity index (χ1) is 10.5. The molecule has 0 aliphatic carbocycles. The van der Waals surface area contributed by atoms with Crippen LogP contribution in [0.25, 0.3) is 0 Å². The fourth-order valence-electron chi connectivity index (χ4n) is 1.42. The van der Waals surface area contributed by atoms with E-state index in [-0.39, 0.29) is 18.8 Å². The maximum atomic E-state index is 11.7. The lowest BCUT2D eigenvalue weighted by Gasteiger charge is -2.07. The summed E-state index contributed by atoms with van der Waals surface area (Å²) < 4.78 is 9.43. The molecule has 0 atom stereocenters. The van der Waals surface area contributed by atoms with Crippen LogP contribution in [0, 0.1) is 0 Å². The number of hydrogen-bond acceptors (Lipinski definition) is 7. The van der Waals surface area contributed by atoms with E-state index in [4.69, 9.17) is 14.6 Å². The van der Waals surface area contributed by atoms with Gasteiger partial charge in [0.05, 0.1) is 24.5 Å². The third-order valence-corrected chi connectivity index (χ3v) is 2.34.